The number of nitrogens with one attached hydrogen (secondary N) is 1. The van der Waals surface area contributed by atoms with Gasteiger partial charge in [-0.25, -0.2) is 4.98 Å². The van der Waals surface area contributed by atoms with Crippen LogP contribution in [0.3, 0.4) is 0 Å². The maximum Gasteiger partial charge on any atom is 0.110 e. The van der Waals surface area contributed by atoms with E-state index in [-0.39, 0.29) is 0 Å². The Morgan fingerprint density at radius 3 is 2.81 bits per heavy atom. The van der Waals surface area contributed by atoms with Crippen molar-refractivity contribution < 1.29 is 0 Å². The Balaban J connectivity index is 1.88. The molecule has 1 heterocycles. The predicted molar refractivity (Wildman–Crippen MR) is 69.8 cm³/mol. The fourth-order valence-corrected chi connectivity index (χ4v) is 3.10. The Kier molecular flexibility index (Phi) is 3.98. The van der Waals surface area contributed by atoms with E-state index in [0.29, 0.717) is 12.1 Å². The van der Waals surface area contributed by atoms with Crippen LogP contribution in [0.1, 0.15) is 56.3 Å². The van der Waals surface area contributed by atoms with Gasteiger partial charge in [-0.05, 0) is 32.6 Å². The molecule has 0 radical (unpaired) electrons. The van der Waals surface area contributed by atoms with Gasteiger partial charge in [-0.2, -0.15) is 0 Å². The van der Waals surface area contributed by atoms with Gasteiger partial charge in [-0.15, -0.1) is 11.3 Å². The summed E-state index contributed by atoms with van der Waals surface area (Å²) in [5.41, 5.74) is 1.15. The third kappa shape index (κ3) is 3.29. The summed E-state index contributed by atoms with van der Waals surface area (Å²) < 4.78 is 0. The van der Waals surface area contributed by atoms with E-state index in [4.69, 9.17) is 0 Å². The van der Waals surface area contributed by atoms with Crippen molar-refractivity contribution in [3.05, 3.63) is 16.1 Å². The van der Waals surface area contributed by atoms with Crippen molar-refractivity contribution in [2.24, 2.45) is 5.92 Å². The van der Waals surface area contributed by atoms with Gasteiger partial charge in [0.25, 0.3) is 0 Å². The number of aromatic nitrogens is 1. The molecule has 1 aliphatic carbocycles. The highest BCUT2D eigenvalue weighted by Crippen LogP contribution is 2.34. The summed E-state index contributed by atoms with van der Waals surface area (Å²) in [6.07, 6.45) is 5.35. The van der Waals surface area contributed by atoms with Crippen molar-refractivity contribution in [2.45, 2.75) is 58.5 Å². The van der Waals surface area contributed by atoms with Crippen molar-refractivity contribution >= 4 is 11.3 Å². The van der Waals surface area contributed by atoms with Gasteiger partial charge in [0.2, 0.25) is 0 Å². The van der Waals surface area contributed by atoms with Gasteiger partial charge in [0, 0.05) is 17.1 Å². The molecule has 1 fully saturated rings. The minimum atomic E-state index is 0.451. The highest BCUT2D eigenvalue weighted by atomic mass is 32.1. The standard InChI is InChI=1S/C13H22N2S/c1-4-12(13-15-10(3)8-16-13)14-9(2)7-11-5-6-11/h8-9,11-12,14H,4-7H2,1-3H3. The number of aryl methyl sites for hydroxylation is 1. The Labute approximate surface area is 102 Å². The van der Waals surface area contributed by atoms with E-state index in [1.165, 1.54) is 24.3 Å². The minimum Gasteiger partial charge on any atom is -0.305 e. The molecule has 1 aromatic heterocycles. The largest absolute Gasteiger partial charge is 0.305 e. The Morgan fingerprint density at radius 2 is 2.31 bits per heavy atom. The molecule has 0 spiro atoms. The summed E-state index contributed by atoms with van der Waals surface area (Å²) in [4.78, 5) is 4.59. The van der Waals surface area contributed by atoms with Crippen molar-refractivity contribution in [1.82, 2.24) is 10.3 Å². The minimum absolute atomic E-state index is 0.451. The third-order valence-corrected chi connectivity index (χ3v) is 4.29. The molecule has 90 valence electrons. The van der Waals surface area contributed by atoms with Crippen LogP contribution in [0, 0.1) is 12.8 Å². The second-order valence-corrected chi connectivity index (χ2v) is 5.92. The van der Waals surface area contributed by atoms with Gasteiger partial charge >= 0.3 is 0 Å². The molecule has 2 rings (SSSR count). The van der Waals surface area contributed by atoms with Crippen LogP contribution >= 0.6 is 11.3 Å². The van der Waals surface area contributed by atoms with E-state index in [1.54, 1.807) is 11.3 Å². The predicted octanol–water partition coefficient (Wildman–Crippen LogP) is 3.68. The molecule has 0 bridgehead atoms. The van der Waals surface area contributed by atoms with E-state index in [9.17, 15) is 0 Å². The van der Waals surface area contributed by atoms with Crippen LogP contribution < -0.4 is 5.32 Å². The van der Waals surface area contributed by atoms with Crippen LogP contribution in [-0.2, 0) is 0 Å². The SMILES string of the molecule is CCC(NC(C)CC1CC1)c1nc(C)cs1. The summed E-state index contributed by atoms with van der Waals surface area (Å²) in [5.74, 6) is 0.998. The van der Waals surface area contributed by atoms with Gasteiger partial charge in [-0.1, -0.05) is 19.8 Å². The van der Waals surface area contributed by atoms with Crippen LogP contribution in [-0.4, -0.2) is 11.0 Å². The van der Waals surface area contributed by atoms with Crippen LogP contribution in [0.4, 0.5) is 0 Å². The molecule has 1 aromatic rings. The van der Waals surface area contributed by atoms with E-state index in [2.05, 4.69) is 36.5 Å². The van der Waals surface area contributed by atoms with E-state index in [1.807, 2.05) is 0 Å². The fourth-order valence-electron chi connectivity index (χ4n) is 2.16. The molecule has 16 heavy (non-hydrogen) atoms. The molecule has 1 saturated carbocycles. The van der Waals surface area contributed by atoms with Crippen molar-refractivity contribution in [1.29, 1.82) is 0 Å². The molecule has 2 atom stereocenters. The maximum absolute atomic E-state index is 4.59. The average molecular weight is 238 g/mol. The third-order valence-electron chi connectivity index (χ3n) is 3.21. The van der Waals surface area contributed by atoms with Crippen molar-refractivity contribution in [2.75, 3.05) is 0 Å². The summed E-state index contributed by atoms with van der Waals surface area (Å²) in [6, 6.07) is 1.08. The Morgan fingerprint density at radius 1 is 1.56 bits per heavy atom. The number of hydrogen-bond donors (Lipinski definition) is 1. The molecule has 0 saturated heterocycles. The van der Waals surface area contributed by atoms with Crippen LogP contribution in [0.2, 0.25) is 0 Å². The lowest BCUT2D eigenvalue weighted by molar-refractivity contribution is 0.412. The molecule has 0 aliphatic heterocycles. The first-order valence-electron chi connectivity index (χ1n) is 6.37. The topological polar surface area (TPSA) is 24.9 Å². The zero-order chi connectivity index (χ0) is 11.5. The second-order valence-electron chi connectivity index (χ2n) is 5.03. The smallest absolute Gasteiger partial charge is 0.110 e. The van der Waals surface area contributed by atoms with E-state index >= 15 is 0 Å². The van der Waals surface area contributed by atoms with Gasteiger partial charge in [0.1, 0.15) is 5.01 Å². The average Bonchev–Trinajstić information content (AvgIpc) is 2.95. The number of rotatable bonds is 6. The summed E-state index contributed by atoms with van der Waals surface area (Å²) in [6.45, 7) is 6.61. The molecular weight excluding hydrogens is 216 g/mol. The number of hydrogen-bond acceptors (Lipinski definition) is 3. The number of thiazole rings is 1. The molecular formula is C13H22N2S. The first-order chi connectivity index (χ1) is 7.69. The summed E-state index contributed by atoms with van der Waals surface area (Å²) >= 11 is 1.79. The lowest BCUT2D eigenvalue weighted by Crippen LogP contribution is -2.30. The fraction of sp³-hybridized carbons (Fsp3) is 0.769. The zero-order valence-corrected chi connectivity index (χ0v) is 11.3. The van der Waals surface area contributed by atoms with E-state index in [0.717, 1.165) is 18.0 Å². The molecule has 1 N–H and O–H groups in total. The molecule has 1 aliphatic rings. The second kappa shape index (κ2) is 5.28. The monoisotopic (exact) mass is 238 g/mol. The lowest BCUT2D eigenvalue weighted by atomic mass is 10.1. The molecule has 2 unspecified atom stereocenters. The molecule has 2 nitrogen and oxygen atoms in total. The van der Waals surface area contributed by atoms with Crippen LogP contribution in [0.15, 0.2) is 5.38 Å². The molecule has 0 amide bonds. The maximum atomic E-state index is 4.59. The first kappa shape index (κ1) is 12.1. The van der Waals surface area contributed by atoms with Gasteiger partial charge in [0.05, 0.1) is 6.04 Å². The Bertz CT molecular complexity index is 330. The van der Waals surface area contributed by atoms with Gasteiger partial charge in [-0.3, -0.25) is 0 Å². The van der Waals surface area contributed by atoms with Crippen LogP contribution in [0.5, 0.6) is 0 Å². The zero-order valence-electron chi connectivity index (χ0n) is 10.5. The highest BCUT2D eigenvalue weighted by Gasteiger charge is 2.25. The summed E-state index contributed by atoms with van der Waals surface area (Å²) in [7, 11) is 0. The Hall–Kier alpha value is -0.410. The highest BCUT2D eigenvalue weighted by molar-refractivity contribution is 7.09. The lowest BCUT2D eigenvalue weighted by Gasteiger charge is -2.20. The summed E-state index contributed by atoms with van der Waals surface area (Å²) in [5, 5.41) is 7.11. The molecule has 3 heteroatoms. The quantitative estimate of drug-likeness (QED) is 0.817. The normalized spacial score (nSPS) is 19.7. The van der Waals surface area contributed by atoms with Crippen molar-refractivity contribution in [3.63, 3.8) is 0 Å². The van der Waals surface area contributed by atoms with Gasteiger partial charge in [0.15, 0.2) is 0 Å². The van der Waals surface area contributed by atoms with Crippen molar-refractivity contribution in [3.8, 4) is 0 Å². The number of nitrogens with zero attached hydrogens (tertiary/aromatic N) is 1. The van der Waals surface area contributed by atoms with Gasteiger partial charge < -0.3 is 5.32 Å². The van der Waals surface area contributed by atoms with Crippen LogP contribution in [0.25, 0.3) is 0 Å². The first-order valence-corrected chi connectivity index (χ1v) is 7.25. The van der Waals surface area contributed by atoms with E-state index < -0.39 is 0 Å². The molecule has 0 aromatic carbocycles.